The number of rotatable bonds is 8. The summed E-state index contributed by atoms with van der Waals surface area (Å²) in [5.74, 6) is 0.0454. The Kier molecular flexibility index (Phi) is 9.68. The average Bonchev–Trinajstić information content (AvgIpc) is 2.59. The van der Waals surface area contributed by atoms with Crippen LogP contribution in [0.1, 0.15) is 67.7 Å². The summed E-state index contributed by atoms with van der Waals surface area (Å²) in [6, 6.07) is -0.450. The van der Waals surface area contributed by atoms with Crippen LogP contribution in [-0.4, -0.2) is 18.5 Å². The topological polar surface area (TPSA) is 55.1 Å². The Morgan fingerprint density at radius 2 is 1.89 bits per heavy atom. The highest BCUT2D eigenvalue weighted by atomic mass is 16.2. The fraction of sp³-hybridized carbons (Fsp3) is 0.560. The molecule has 1 rings (SSSR count). The van der Waals surface area contributed by atoms with E-state index in [4.69, 9.17) is 5.73 Å². The fourth-order valence-electron chi connectivity index (χ4n) is 3.43. The van der Waals surface area contributed by atoms with E-state index in [1.165, 1.54) is 36.0 Å². The monoisotopic (exact) mass is 384 g/mol. The smallest absolute Gasteiger partial charge is 0.237 e. The second-order valence-corrected chi connectivity index (χ2v) is 9.00. The molecule has 3 heteroatoms. The third kappa shape index (κ3) is 8.02. The molecule has 1 unspecified atom stereocenters. The van der Waals surface area contributed by atoms with Crippen molar-refractivity contribution in [2.75, 3.05) is 6.54 Å². The van der Waals surface area contributed by atoms with Crippen molar-refractivity contribution in [3.8, 4) is 0 Å². The molecule has 0 aromatic heterocycles. The van der Waals surface area contributed by atoms with Crippen molar-refractivity contribution in [2.24, 2.45) is 17.1 Å². The Hall–Kier alpha value is -1.87. The van der Waals surface area contributed by atoms with Gasteiger partial charge in [-0.1, -0.05) is 80.9 Å². The number of hydrogen-bond donors (Lipinski definition) is 2. The molecule has 1 aliphatic carbocycles. The summed E-state index contributed by atoms with van der Waals surface area (Å²) >= 11 is 0. The molecule has 0 spiro atoms. The van der Waals surface area contributed by atoms with Crippen LogP contribution in [0.25, 0.3) is 0 Å². The first-order chi connectivity index (χ1) is 13.0. The highest BCUT2D eigenvalue weighted by Crippen LogP contribution is 2.40. The van der Waals surface area contributed by atoms with E-state index in [1.54, 1.807) is 0 Å². The lowest BCUT2D eigenvalue weighted by Crippen LogP contribution is -2.43. The summed E-state index contributed by atoms with van der Waals surface area (Å²) in [6.45, 7) is 15.5. The second-order valence-electron chi connectivity index (χ2n) is 9.00. The minimum Gasteiger partial charge on any atom is -0.351 e. The van der Waals surface area contributed by atoms with Gasteiger partial charge in [0.15, 0.2) is 0 Å². The number of carbonyl (C=O) groups is 1. The van der Waals surface area contributed by atoms with Gasteiger partial charge < -0.3 is 11.1 Å². The summed E-state index contributed by atoms with van der Waals surface area (Å²) in [5.41, 5.74) is 11.5. The number of nitrogens with two attached hydrogens (primary N) is 1. The molecule has 3 N–H and O–H groups in total. The number of amides is 1. The quantitative estimate of drug-likeness (QED) is 0.534. The summed E-state index contributed by atoms with van der Waals surface area (Å²) in [6.07, 6.45) is 16.5. The molecule has 0 saturated heterocycles. The zero-order valence-electron chi connectivity index (χ0n) is 18.9. The molecule has 0 heterocycles. The van der Waals surface area contributed by atoms with Gasteiger partial charge >= 0.3 is 0 Å². The van der Waals surface area contributed by atoms with Crippen LogP contribution in [-0.2, 0) is 4.79 Å². The minimum atomic E-state index is -0.450. The minimum absolute atomic E-state index is 0.0980. The van der Waals surface area contributed by atoms with Crippen LogP contribution in [0.3, 0.4) is 0 Å². The average molecular weight is 385 g/mol. The van der Waals surface area contributed by atoms with Gasteiger partial charge in [-0.15, -0.1) is 0 Å². The molecule has 0 radical (unpaired) electrons. The molecule has 0 fully saturated rings. The van der Waals surface area contributed by atoms with E-state index in [0.29, 0.717) is 6.54 Å². The SMILES string of the molecule is CC1=C(/C=C/C(C)=C/C=C/C(C)=C/CNC(=O)C(N)C(C)C)C(C)(C)CCC1. The molecule has 0 bridgehead atoms. The Balaban J connectivity index is 2.60. The van der Waals surface area contributed by atoms with Gasteiger partial charge in [-0.2, -0.15) is 0 Å². The zero-order valence-corrected chi connectivity index (χ0v) is 18.9. The Morgan fingerprint density at radius 1 is 1.21 bits per heavy atom. The first-order valence-electron chi connectivity index (χ1n) is 10.5. The third-order valence-corrected chi connectivity index (χ3v) is 5.49. The van der Waals surface area contributed by atoms with E-state index >= 15 is 0 Å². The standard InChI is InChI=1S/C25H40N2O/c1-18(2)23(26)24(28)27-17-15-20(4)11-8-10-19(3)13-14-22-21(5)12-9-16-25(22,6)7/h8,10-11,13-15,18,23H,9,12,16-17,26H2,1-7H3,(H,27,28)/b11-8+,14-13+,19-10+,20-15+. The van der Waals surface area contributed by atoms with Crippen LogP contribution >= 0.6 is 0 Å². The van der Waals surface area contributed by atoms with Crippen molar-refractivity contribution >= 4 is 5.91 Å². The summed E-state index contributed by atoms with van der Waals surface area (Å²) in [7, 11) is 0. The normalized spacial score (nSPS) is 19.8. The lowest BCUT2D eigenvalue weighted by atomic mass is 9.72. The van der Waals surface area contributed by atoms with E-state index in [9.17, 15) is 4.79 Å². The first kappa shape index (κ1) is 24.2. The van der Waals surface area contributed by atoms with Crippen LogP contribution < -0.4 is 11.1 Å². The summed E-state index contributed by atoms with van der Waals surface area (Å²) < 4.78 is 0. The van der Waals surface area contributed by atoms with E-state index in [-0.39, 0.29) is 17.2 Å². The molecule has 1 amide bonds. The van der Waals surface area contributed by atoms with Crippen LogP contribution in [0.5, 0.6) is 0 Å². The van der Waals surface area contributed by atoms with Crippen LogP contribution in [0.4, 0.5) is 0 Å². The van der Waals surface area contributed by atoms with Crippen molar-refractivity contribution in [3.63, 3.8) is 0 Å². The lowest BCUT2D eigenvalue weighted by molar-refractivity contribution is -0.123. The third-order valence-electron chi connectivity index (χ3n) is 5.49. The summed E-state index contributed by atoms with van der Waals surface area (Å²) in [5, 5.41) is 2.86. The van der Waals surface area contributed by atoms with Crippen molar-refractivity contribution < 1.29 is 4.79 Å². The van der Waals surface area contributed by atoms with Crippen LogP contribution in [0, 0.1) is 11.3 Å². The predicted molar refractivity (Wildman–Crippen MR) is 122 cm³/mol. The molecule has 1 atom stereocenters. The van der Waals surface area contributed by atoms with Crippen molar-refractivity contribution in [1.82, 2.24) is 5.32 Å². The Bertz CT molecular complexity index is 687. The number of allylic oxidation sites excluding steroid dienone is 9. The van der Waals surface area contributed by atoms with Gasteiger partial charge in [0, 0.05) is 6.54 Å². The lowest BCUT2D eigenvalue weighted by Gasteiger charge is -2.32. The molecule has 1 aliphatic rings. The van der Waals surface area contributed by atoms with Gasteiger partial charge in [0.2, 0.25) is 5.91 Å². The number of carbonyl (C=O) groups excluding carboxylic acids is 1. The van der Waals surface area contributed by atoms with Gasteiger partial charge in [-0.3, -0.25) is 4.79 Å². The van der Waals surface area contributed by atoms with E-state index in [0.717, 1.165) is 5.57 Å². The van der Waals surface area contributed by atoms with Crippen molar-refractivity contribution in [1.29, 1.82) is 0 Å². The van der Waals surface area contributed by atoms with Gasteiger partial charge in [-0.25, -0.2) is 0 Å². The summed E-state index contributed by atoms with van der Waals surface area (Å²) in [4.78, 5) is 11.8. The Morgan fingerprint density at radius 3 is 2.50 bits per heavy atom. The maximum Gasteiger partial charge on any atom is 0.237 e. The van der Waals surface area contributed by atoms with E-state index in [2.05, 4.69) is 63.4 Å². The zero-order chi connectivity index (χ0) is 21.3. The van der Waals surface area contributed by atoms with Gasteiger partial charge in [-0.05, 0) is 56.9 Å². The van der Waals surface area contributed by atoms with E-state index < -0.39 is 6.04 Å². The molecule has 0 aromatic carbocycles. The van der Waals surface area contributed by atoms with Crippen molar-refractivity contribution in [3.05, 3.63) is 58.7 Å². The highest BCUT2D eigenvalue weighted by molar-refractivity contribution is 5.81. The molecule has 156 valence electrons. The maximum absolute atomic E-state index is 11.8. The van der Waals surface area contributed by atoms with Crippen molar-refractivity contribution in [2.45, 2.75) is 73.8 Å². The molecule has 28 heavy (non-hydrogen) atoms. The fourth-order valence-corrected chi connectivity index (χ4v) is 3.43. The largest absolute Gasteiger partial charge is 0.351 e. The molecular weight excluding hydrogens is 344 g/mol. The molecule has 0 aliphatic heterocycles. The van der Waals surface area contributed by atoms with Crippen LogP contribution in [0.15, 0.2) is 58.7 Å². The predicted octanol–water partition coefficient (Wildman–Crippen LogP) is 5.62. The Labute approximate surface area is 172 Å². The second kappa shape index (κ2) is 11.2. The van der Waals surface area contributed by atoms with Gasteiger partial charge in [0.25, 0.3) is 0 Å². The molecule has 3 nitrogen and oxygen atoms in total. The molecule has 0 saturated carbocycles. The number of hydrogen-bond acceptors (Lipinski definition) is 2. The molecular formula is C25H40N2O. The number of nitrogens with one attached hydrogen (secondary N) is 1. The van der Waals surface area contributed by atoms with Crippen LogP contribution in [0.2, 0.25) is 0 Å². The van der Waals surface area contributed by atoms with Gasteiger partial charge in [0.1, 0.15) is 0 Å². The molecule has 0 aromatic rings. The maximum atomic E-state index is 11.8. The first-order valence-corrected chi connectivity index (χ1v) is 10.5. The van der Waals surface area contributed by atoms with Gasteiger partial charge in [0.05, 0.1) is 6.04 Å². The highest BCUT2D eigenvalue weighted by Gasteiger charge is 2.26. The van der Waals surface area contributed by atoms with E-state index in [1.807, 2.05) is 26.8 Å².